The predicted octanol–water partition coefficient (Wildman–Crippen LogP) is 2.45. The first-order valence-electron chi connectivity index (χ1n) is 9.74. The van der Waals surface area contributed by atoms with Crippen molar-refractivity contribution in [3.05, 3.63) is 59.8 Å². The minimum absolute atomic E-state index is 0.00819. The van der Waals surface area contributed by atoms with E-state index in [4.69, 9.17) is 4.74 Å². The first-order chi connectivity index (χ1) is 13.5. The van der Waals surface area contributed by atoms with Crippen molar-refractivity contribution in [2.45, 2.75) is 19.8 Å². The van der Waals surface area contributed by atoms with Gasteiger partial charge in [-0.05, 0) is 23.1 Å². The Morgan fingerprint density at radius 3 is 2.61 bits per heavy atom. The van der Waals surface area contributed by atoms with Crippen molar-refractivity contribution in [3.8, 4) is 0 Å². The normalized spacial score (nSPS) is 15.9. The van der Waals surface area contributed by atoms with Crippen molar-refractivity contribution in [1.82, 2.24) is 10.3 Å². The molecule has 2 N–H and O–H groups in total. The lowest BCUT2D eigenvalue weighted by Crippen LogP contribution is -2.40. The van der Waals surface area contributed by atoms with E-state index in [2.05, 4.69) is 15.2 Å². The van der Waals surface area contributed by atoms with Gasteiger partial charge in [0.2, 0.25) is 0 Å². The van der Waals surface area contributed by atoms with Gasteiger partial charge in [0.15, 0.2) is 0 Å². The van der Waals surface area contributed by atoms with Gasteiger partial charge in [-0.3, -0.25) is 4.79 Å². The Morgan fingerprint density at radius 1 is 1.21 bits per heavy atom. The molecule has 3 rings (SSSR count). The molecule has 0 radical (unpaired) electrons. The van der Waals surface area contributed by atoms with E-state index < -0.39 is 0 Å². The fourth-order valence-electron chi connectivity index (χ4n) is 3.53. The summed E-state index contributed by atoms with van der Waals surface area (Å²) in [5, 5.41) is 13.0. The zero-order valence-electron chi connectivity index (χ0n) is 16.6. The van der Waals surface area contributed by atoms with Gasteiger partial charge in [-0.25, -0.2) is 4.98 Å². The lowest BCUT2D eigenvalue weighted by atomic mass is 9.75. The molecule has 28 heavy (non-hydrogen) atoms. The summed E-state index contributed by atoms with van der Waals surface area (Å²) < 4.78 is 5.41. The number of pyridine rings is 1. The molecule has 1 aliphatic heterocycles. The number of aromatic nitrogens is 1. The molecule has 2 heterocycles. The molecule has 0 saturated carbocycles. The fraction of sp³-hybridized carbons (Fsp3) is 0.455. The number of morpholine rings is 1. The first-order valence-corrected chi connectivity index (χ1v) is 9.74. The van der Waals surface area contributed by atoms with Crippen molar-refractivity contribution in [3.63, 3.8) is 0 Å². The molecule has 0 bridgehead atoms. The van der Waals surface area contributed by atoms with Crippen LogP contribution in [0.4, 0.5) is 5.82 Å². The summed E-state index contributed by atoms with van der Waals surface area (Å²) in [6, 6.07) is 13.6. The third kappa shape index (κ3) is 4.69. The van der Waals surface area contributed by atoms with Gasteiger partial charge < -0.3 is 20.1 Å². The predicted molar refractivity (Wildman–Crippen MR) is 110 cm³/mol. The van der Waals surface area contributed by atoms with Crippen LogP contribution in [0.3, 0.4) is 0 Å². The summed E-state index contributed by atoms with van der Waals surface area (Å²) in [5.41, 5.74) is 1.30. The number of nitrogens with one attached hydrogen (secondary N) is 1. The van der Waals surface area contributed by atoms with Crippen LogP contribution < -0.4 is 10.2 Å². The molecule has 0 aliphatic carbocycles. The number of hydrogen-bond acceptors (Lipinski definition) is 5. The maximum absolute atomic E-state index is 13.0. The molecular formula is C22H29N3O3. The largest absolute Gasteiger partial charge is 0.396 e. The SMILES string of the molecule is CC(C)(CO)[C@H](CNC(=O)c1cccnc1N1CCOCC1)c1ccccc1. The van der Waals surface area contributed by atoms with Crippen molar-refractivity contribution >= 4 is 11.7 Å². The van der Waals surface area contributed by atoms with Gasteiger partial charge in [0, 0.05) is 38.4 Å². The monoisotopic (exact) mass is 383 g/mol. The van der Waals surface area contributed by atoms with E-state index in [-0.39, 0.29) is 23.8 Å². The van der Waals surface area contributed by atoms with Crippen molar-refractivity contribution in [2.75, 3.05) is 44.4 Å². The van der Waals surface area contributed by atoms with Crippen LogP contribution in [0.1, 0.15) is 35.7 Å². The van der Waals surface area contributed by atoms with Gasteiger partial charge in [0.25, 0.3) is 5.91 Å². The van der Waals surface area contributed by atoms with Crippen molar-refractivity contribution in [1.29, 1.82) is 0 Å². The van der Waals surface area contributed by atoms with Crippen LogP contribution in [-0.2, 0) is 4.74 Å². The number of anilines is 1. The third-order valence-corrected chi connectivity index (χ3v) is 5.36. The molecule has 0 spiro atoms. The molecule has 1 aliphatic rings. The highest BCUT2D eigenvalue weighted by atomic mass is 16.5. The second-order valence-electron chi connectivity index (χ2n) is 7.79. The summed E-state index contributed by atoms with van der Waals surface area (Å²) in [5.74, 6) is 0.538. The maximum Gasteiger partial charge on any atom is 0.255 e. The van der Waals surface area contributed by atoms with Crippen LogP contribution in [0, 0.1) is 5.41 Å². The summed E-state index contributed by atoms with van der Waals surface area (Å²) in [6.07, 6.45) is 1.71. The van der Waals surface area contributed by atoms with Gasteiger partial charge in [0.1, 0.15) is 5.82 Å². The van der Waals surface area contributed by atoms with Crippen LogP contribution in [-0.4, -0.2) is 55.5 Å². The number of nitrogens with zero attached hydrogens (tertiary/aromatic N) is 2. The topological polar surface area (TPSA) is 74.7 Å². The number of carbonyl (C=O) groups excluding carboxylic acids is 1. The fourth-order valence-corrected chi connectivity index (χ4v) is 3.53. The molecule has 1 aromatic carbocycles. The summed E-state index contributed by atoms with van der Waals surface area (Å²) in [7, 11) is 0. The Kier molecular flexibility index (Phi) is 6.65. The van der Waals surface area contributed by atoms with Gasteiger partial charge >= 0.3 is 0 Å². The summed E-state index contributed by atoms with van der Waals surface area (Å²) >= 11 is 0. The average Bonchev–Trinajstić information content (AvgIpc) is 2.75. The van der Waals surface area contributed by atoms with Crippen LogP contribution in [0.25, 0.3) is 0 Å². The van der Waals surface area contributed by atoms with Crippen molar-refractivity contribution in [2.24, 2.45) is 5.41 Å². The zero-order valence-corrected chi connectivity index (χ0v) is 16.6. The minimum atomic E-state index is -0.364. The maximum atomic E-state index is 13.0. The summed E-state index contributed by atoms with van der Waals surface area (Å²) in [6.45, 7) is 7.22. The van der Waals surface area contributed by atoms with E-state index in [9.17, 15) is 9.90 Å². The zero-order chi connectivity index (χ0) is 20.0. The number of benzene rings is 1. The Labute approximate surface area is 166 Å². The second-order valence-corrected chi connectivity index (χ2v) is 7.79. The molecule has 150 valence electrons. The van der Waals surface area contributed by atoms with E-state index in [1.807, 2.05) is 50.2 Å². The lowest BCUT2D eigenvalue weighted by Gasteiger charge is -2.33. The van der Waals surface area contributed by atoms with Crippen LogP contribution in [0.15, 0.2) is 48.7 Å². The Hall–Kier alpha value is -2.44. The van der Waals surface area contributed by atoms with Crippen molar-refractivity contribution < 1.29 is 14.6 Å². The Morgan fingerprint density at radius 2 is 1.93 bits per heavy atom. The summed E-state index contributed by atoms with van der Waals surface area (Å²) in [4.78, 5) is 19.5. The number of aliphatic hydroxyl groups is 1. The third-order valence-electron chi connectivity index (χ3n) is 5.36. The highest BCUT2D eigenvalue weighted by Crippen LogP contribution is 2.34. The van der Waals surface area contributed by atoms with Crippen LogP contribution >= 0.6 is 0 Å². The quantitative estimate of drug-likeness (QED) is 0.768. The smallest absolute Gasteiger partial charge is 0.255 e. The number of carbonyl (C=O) groups is 1. The second kappa shape index (κ2) is 9.17. The highest BCUT2D eigenvalue weighted by Gasteiger charge is 2.31. The standard InChI is InChI=1S/C22H29N3O3/c1-22(2,16-26)19(17-7-4-3-5-8-17)15-24-21(27)18-9-6-10-23-20(18)25-11-13-28-14-12-25/h3-10,19,26H,11-16H2,1-2H3,(H,24,27)/t19-/m1/s1. The molecule has 1 aromatic heterocycles. The number of amides is 1. The van der Waals surface area contributed by atoms with Gasteiger partial charge in [0.05, 0.1) is 18.8 Å². The molecule has 6 nitrogen and oxygen atoms in total. The highest BCUT2D eigenvalue weighted by molar-refractivity contribution is 5.98. The Balaban J connectivity index is 1.77. The molecule has 6 heteroatoms. The first kappa shape index (κ1) is 20.3. The lowest BCUT2D eigenvalue weighted by molar-refractivity contribution is 0.0918. The van der Waals surface area contributed by atoms with Gasteiger partial charge in [-0.2, -0.15) is 0 Å². The molecule has 2 aromatic rings. The minimum Gasteiger partial charge on any atom is -0.396 e. The van der Waals surface area contributed by atoms with E-state index >= 15 is 0 Å². The van der Waals surface area contributed by atoms with Gasteiger partial charge in [-0.15, -0.1) is 0 Å². The number of hydrogen-bond donors (Lipinski definition) is 2. The van der Waals surface area contributed by atoms with E-state index in [0.717, 1.165) is 18.7 Å². The molecule has 0 unspecified atom stereocenters. The molecule has 1 amide bonds. The van der Waals surface area contributed by atoms with E-state index in [1.165, 1.54) is 0 Å². The Bertz CT molecular complexity index is 774. The average molecular weight is 383 g/mol. The number of aliphatic hydroxyl groups excluding tert-OH is 1. The number of rotatable bonds is 7. The molecule has 1 atom stereocenters. The van der Waals surface area contributed by atoms with E-state index in [1.54, 1.807) is 12.3 Å². The van der Waals surface area contributed by atoms with Gasteiger partial charge in [-0.1, -0.05) is 44.2 Å². The molecular weight excluding hydrogens is 354 g/mol. The van der Waals surface area contributed by atoms with E-state index in [0.29, 0.717) is 31.1 Å². The molecule has 1 fully saturated rings. The van der Waals surface area contributed by atoms with Crippen LogP contribution in [0.5, 0.6) is 0 Å². The number of ether oxygens (including phenoxy) is 1. The molecule has 1 saturated heterocycles. The van der Waals surface area contributed by atoms with Crippen LogP contribution in [0.2, 0.25) is 0 Å².